The van der Waals surface area contributed by atoms with Gasteiger partial charge in [-0.05, 0) is 44.2 Å². The van der Waals surface area contributed by atoms with Crippen molar-refractivity contribution >= 4 is 0 Å². The molecule has 0 aliphatic rings. The quantitative estimate of drug-likeness (QED) is 0.899. The Balaban J connectivity index is 2.22. The maximum absolute atomic E-state index is 5.64. The van der Waals surface area contributed by atoms with E-state index in [4.69, 9.17) is 10.5 Å². The second kappa shape index (κ2) is 5.23. The van der Waals surface area contributed by atoms with Gasteiger partial charge in [-0.2, -0.15) is 5.10 Å². The van der Waals surface area contributed by atoms with E-state index in [-0.39, 0.29) is 6.10 Å². The first-order valence-electron chi connectivity index (χ1n) is 6.10. The first kappa shape index (κ1) is 12.6. The molecule has 0 saturated carbocycles. The SMILES string of the molecule is CC(C)Oc1ccc(-c2cc(CN)n(C)n2)cc1. The van der Waals surface area contributed by atoms with Crippen molar-refractivity contribution in [1.82, 2.24) is 9.78 Å². The molecule has 2 N–H and O–H groups in total. The summed E-state index contributed by atoms with van der Waals surface area (Å²) in [4.78, 5) is 0. The molecule has 0 atom stereocenters. The van der Waals surface area contributed by atoms with Crippen LogP contribution in [0.5, 0.6) is 5.75 Å². The van der Waals surface area contributed by atoms with E-state index in [1.165, 1.54) is 0 Å². The van der Waals surface area contributed by atoms with Crippen LogP contribution in [0.25, 0.3) is 11.3 Å². The zero-order valence-corrected chi connectivity index (χ0v) is 11.1. The first-order chi connectivity index (χ1) is 8.60. The Morgan fingerprint density at radius 3 is 2.44 bits per heavy atom. The fourth-order valence-electron chi connectivity index (χ4n) is 1.81. The summed E-state index contributed by atoms with van der Waals surface area (Å²) in [5.41, 5.74) is 8.67. The van der Waals surface area contributed by atoms with Gasteiger partial charge >= 0.3 is 0 Å². The number of aromatic nitrogens is 2. The predicted octanol–water partition coefficient (Wildman–Crippen LogP) is 2.33. The zero-order valence-electron chi connectivity index (χ0n) is 11.1. The molecule has 0 fully saturated rings. The Morgan fingerprint density at radius 1 is 1.28 bits per heavy atom. The van der Waals surface area contributed by atoms with Crippen LogP contribution in [0, 0.1) is 0 Å². The van der Waals surface area contributed by atoms with E-state index in [1.807, 2.05) is 55.9 Å². The number of hydrogen-bond acceptors (Lipinski definition) is 3. The molecule has 0 spiro atoms. The number of ether oxygens (including phenoxy) is 1. The lowest BCUT2D eigenvalue weighted by Gasteiger charge is -2.09. The number of benzene rings is 1. The van der Waals surface area contributed by atoms with Crippen molar-refractivity contribution in [1.29, 1.82) is 0 Å². The Morgan fingerprint density at radius 2 is 1.94 bits per heavy atom. The minimum Gasteiger partial charge on any atom is -0.491 e. The number of aryl methyl sites for hydroxylation is 1. The van der Waals surface area contributed by atoms with Crippen molar-refractivity contribution in [2.45, 2.75) is 26.5 Å². The standard InChI is InChI=1S/C14H19N3O/c1-10(2)18-13-6-4-11(5-7-13)14-8-12(9-15)17(3)16-14/h4-8,10H,9,15H2,1-3H3. The molecule has 0 unspecified atom stereocenters. The minimum absolute atomic E-state index is 0.189. The Kier molecular flexibility index (Phi) is 3.67. The first-order valence-corrected chi connectivity index (χ1v) is 6.10. The highest BCUT2D eigenvalue weighted by Crippen LogP contribution is 2.22. The summed E-state index contributed by atoms with van der Waals surface area (Å²) in [5.74, 6) is 0.878. The smallest absolute Gasteiger partial charge is 0.119 e. The highest BCUT2D eigenvalue weighted by molar-refractivity contribution is 5.60. The molecule has 96 valence electrons. The highest BCUT2D eigenvalue weighted by Gasteiger charge is 2.06. The van der Waals surface area contributed by atoms with E-state index in [0.29, 0.717) is 6.54 Å². The largest absolute Gasteiger partial charge is 0.491 e. The van der Waals surface area contributed by atoms with Gasteiger partial charge in [0.15, 0.2) is 0 Å². The van der Waals surface area contributed by atoms with Crippen LogP contribution in [-0.4, -0.2) is 15.9 Å². The van der Waals surface area contributed by atoms with Crippen LogP contribution in [0.2, 0.25) is 0 Å². The van der Waals surface area contributed by atoms with Gasteiger partial charge in [0.05, 0.1) is 17.5 Å². The van der Waals surface area contributed by atoms with Crippen molar-refractivity contribution in [3.8, 4) is 17.0 Å². The zero-order chi connectivity index (χ0) is 13.1. The van der Waals surface area contributed by atoms with Crippen LogP contribution in [-0.2, 0) is 13.6 Å². The molecular weight excluding hydrogens is 226 g/mol. The minimum atomic E-state index is 0.189. The van der Waals surface area contributed by atoms with Gasteiger partial charge in [0, 0.05) is 19.2 Å². The summed E-state index contributed by atoms with van der Waals surface area (Å²) >= 11 is 0. The second-order valence-corrected chi connectivity index (χ2v) is 4.54. The van der Waals surface area contributed by atoms with Crippen LogP contribution in [0.1, 0.15) is 19.5 Å². The van der Waals surface area contributed by atoms with Gasteiger partial charge in [0.25, 0.3) is 0 Å². The lowest BCUT2D eigenvalue weighted by molar-refractivity contribution is 0.242. The van der Waals surface area contributed by atoms with E-state index in [1.54, 1.807) is 0 Å². The van der Waals surface area contributed by atoms with E-state index < -0.39 is 0 Å². The van der Waals surface area contributed by atoms with Gasteiger partial charge in [-0.25, -0.2) is 0 Å². The Bertz CT molecular complexity index is 514. The van der Waals surface area contributed by atoms with Crippen molar-refractivity contribution in [3.05, 3.63) is 36.0 Å². The second-order valence-electron chi connectivity index (χ2n) is 4.54. The molecule has 0 amide bonds. The Labute approximate surface area is 107 Å². The monoisotopic (exact) mass is 245 g/mol. The molecule has 0 saturated heterocycles. The van der Waals surface area contributed by atoms with Crippen LogP contribution in [0.3, 0.4) is 0 Å². The molecule has 1 heterocycles. The van der Waals surface area contributed by atoms with Crippen LogP contribution < -0.4 is 10.5 Å². The van der Waals surface area contributed by atoms with E-state index in [9.17, 15) is 0 Å². The lowest BCUT2D eigenvalue weighted by atomic mass is 10.1. The summed E-state index contributed by atoms with van der Waals surface area (Å²) in [6, 6.07) is 9.97. The molecule has 0 bridgehead atoms. The Hall–Kier alpha value is -1.81. The number of rotatable bonds is 4. The molecule has 0 aliphatic heterocycles. The van der Waals surface area contributed by atoms with Gasteiger partial charge in [0.1, 0.15) is 5.75 Å². The molecule has 18 heavy (non-hydrogen) atoms. The van der Waals surface area contributed by atoms with Crippen molar-refractivity contribution < 1.29 is 4.74 Å². The number of nitrogens with two attached hydrogens (primary N) is 1. The summed E-state index contributed by atoms with van der Waals surface area (Å²) in [5, 5.41) is 4.44. The third-order valence-electron chi connectivity index (χ3n) is 2.71. The summed E-state index contributed by atoms with van der Waals surface area (Å²) < 4.78 is 7.42. The predicted molar refractivity (Wildman–Crippen MR) is 72.3 cm³/mol. The number of nitrogens with zero attached hydrogens (tertiary/aromatic N) is 2. The highest BCUT2D eigenvalue weighted by atomic mass is 16.5. The summed E-state index contributed by atoms with van der Waals surface area (Å²) in [6.45, 7) is 4.53. The fourth-order valence-corrected chi connectivity index (χ4v) is 1.81. The van der Waals surface area contributed by atoms with Gasteiger partial charge in [-0.15, -0.1) is 0 Å². The maximum atomic E-state index is 5.64. The van der Waals surface area contributed by atoms with E-state index in [0.717, 1.165) is 22.7 Å². The molecule has 1 aromatic heterocycles. The van der Waals surface area contributed by atoms with Crippen molar-refractivity contribution in [2.75, 3.05) is 0 Å². The van der Waals surface area contributed by atoms with Crippen LogP contribution in [0.15, 0.2) is 30.3 Å². The van der Waals surface area contributed by atoms with Crippen molar-refractivity contribution in [3.63, 3.8) is 0 Å². The molecule has 0 aliphatic carbocycles. The van der Waals surface area contributed by atoms with E-state index in [2.05, 4.69) is 5.10 Å². The van der Waals surface area contributed by atoms with Crippen molar-refractivity contribution in [2.24, 2.45) is 12.8 Å². The van der Waals surface area contributed by atoms with Gasteiger partial charge < -0.3 is 10.5 Å². The van der Waals surface area contributed by atoms with Crippen LogP contribution >= 0.6 is 0 Å². The third-order valence-corrected chi connectivity index (χ3v) is 2.71. The van der Waals surface area contributed by atoms with Gasteiger partial charge in [-0.3, -0.25) is 4.68 Å². The fraction of sp³-hybridized carbons (Fsp3) is 0.357. The third kappa shape index (κ3) is 2.71. The average molecular weight is 245 g/mol. The topological polar surface area (TPSA) is 53.1 Å². The normalized spacial score (nSPS) is 10.9. The molecule has 2 aromatic rings. The average Bonchev–Trinajstić information content (AvgIpc) is 2.71. The molecule has 4 nitrogen and oxygen atoms in total. The summed E-state index contributed by atoms with van der Waals surface area (Å²) in [7, 11) is 1.90. The lowest BCUT2D eigenvalue weighted by Crippen LogP contribution is -2.05. The molecular formula is C14H19N3O. The van der Waals surface area contributed by atoms with E-state index >= 15 is 0 Å². The summed E-state index contributed by atoms with van der Waals surface area (Å²) in [6.07, 6.45) is 0.189. The van der Waals surface area contributed by atoms with Gasteiger partial charge in [0.2, 0.25) is 0 Å². The molecule has 2 rings (SSSR count). The van der Waals surface area contributed by atoms with Crippen LogP contribution in [0.4, 0.5) is 0 Å². The molecule has 1 aromatic carbocycles. The molecule has 0 radical (unpaired) electrons. The maximum Gasteiger partial charge on any atom is 0.119 e. The van der Waals surface area contributed by atoms with Gasteiger partial charge in [-0.1, -0.05) is 0 Å². The molecule has 4 heteroatoms. The number of hydrogen-bond donors (Lipinski definition) is 1.